The van der Waals surface area contributed by atoms with Crippen LogP contribution in [0.25, 0.3) is 0 Å². The van der Waals surface area contributed by atoms with E-state index in [1.165, 1.54) is 18.3 Å². The van der Waals surface area contributed by atoms with Gasteiger partial charge in [0, 0.05) is 18.2 Å². The zero-order valence-corrected chi connectivity index (χ0v) is 16.7. The lowest BCUT2D eigenvalue weighted by atomic mass is 10.2. The normalized spacial score (nSPS) is 19.9. The fraction of sp³-hybridized carbons (Fsp3) is 0.412. The summed E-state index contributed by atoms with van der Waals surface area (Å²) in [4.78, 5) is 25.8. The van der Waals surface area contributed by atoms with Crippen LogP contribution in [0, 0.1) is 5.13 Å². The van der Waals surface area contributed by atoms with Gasteiger partial charge in [0.1, 0.15) is 0 Å². The van der Waals surface area contributed by atoms with Crippen LogP contribution in [0.5, 0.6) is 0 Å². The summed E-state index contributed by atoms with van der Waals surface area (Å²) in [5, 5.41) is 5.47. The van der Waals surface area contributed by atoms with Gasteiger partial charge in [0.15, 0.2) is 36.9 Å². The molecule has 4 rings (SSSR count). The van der Waals surface area contributed by atoms with Crippen molar-refractivity contribution in [3.63, 3.8) is 0 Å². The maximum absolute atomic E-state index is 13.1. The van der Waals surface area contributed by atoms with Gasteiger partial charge in [-0.2, -0.15) is 4.39 Å². The van der Waals surface area contributed by atoms with Crippen molar-refractivity contribution >= 4 is 37.9 Å². The number of thiazole rings is 1. The Morgan fingerprint density at radius 2 is 2.10 bits per heavy atom. The standard InChI is InChI=1S/C17H17FN4O5S2/c18-13-8-20-17(28-13)21-16(23)15(22-27-11-5-6-26-9-11)10-1-4-14(19-7-10)29(24,25)12-2-3-12/h1,4,7-8,11-12H,2-3,5-6,9H2,(H,20,21,23)/b22-15+/t11-/m1/s1. The Hall–Kier alpha value is -2.44. The van der Waals surface area contributed by atoms with Gasteiger partial charge in [0.05, 0.1) is 24.7 Å². The Labute approximate surface area is 169 Å². The summed E-state index contributed by atoms with van der Waals surface area (Å²) in [6.07, 6.45) is 3.84. The number of sulfone groups is 1. The van der Waals surface area contributed by atoms with Gasteiger partial charge in [0.25, 0.3) is 5.91 Å². The third-order valence-corrected chi connectivity index (χ3v) is 7.23. The first kappa shape index (κ1) is 19.9. The van der Waals surface area contributed by atoms with Crippen LogP contribution in [-0.2, 0) is 24.2 Å². The third kappa shape index (κ3) is 4.60. The second-order valence-corrected chi connectivity index (χ2v) is 9.74. The summed E-state index contributed by atoms with van der Waals surface area (Å²) in [6.45, 7) is 0.891. The molecule has 1 aliphatic carbocycles. The SMILES string of the molecule is O=C(Nc1ncc(F)s1)/C(=N/O[C@@H]1CCOC1)c1ccc(S(=O)(=O)C2CC2)nc1. The Kier molecular flexibility index (Phi) is 5.56. The van der Waals surface area contributed by atoms with E-state index in [2.05, 4.69) is 20.4 Å². The van der Waals surface area contributed by atoms with Crippen LogP contribution in [0.4, 0.5) is 9.52 Å². The molecule has 1 atom stereocenters. The number of hydrogen-bond acceptors (Lipinski definition) is 9. The third-order valence-electron chi connectivity index (χ3n) is 4.36. The lowest BCUT2D eigenvalue weighted by molar-refractivity contribution is -0.110. The average molecular weight is 440 g/mol. The molecular formula is C17H17FN4O5S2. The topological polar surface area (TPSA) is 120 Å². The molecule has 0 aromatic carbocycles. The number of nitrogens with one attached hydrogen (secondary N) is 1. The summed E-state index contributed by atoms with van der Waals surface area (Å²) in [5.74, 6) is -0.683. The van der Waals surface area contributed by atoms with Gasteiger partial charge in [0.2, 0.25) is 0 Å². The second-order valence-electron chi connectivity index (χ2n) is 6.58. The van der Waals surface area contributed by atoms with Gasteiger partial charge in [-0.3, -0.25) is 10.1 Å². The van der Waals surface area contributed by atoms with Crippen molar-refractivity contribution in [3.05, 3.63) is 35.2 Å². The van der Waals surface area contributed by atoms with Crippen LogP contribution in [0.15, 0.2) is 34.7 Å². The molecular weight excluding hydrogens is 423 g/mol. The molecule has 29 heavy (non-hydrogen) atoms. The van der Waals surface area contributed by atoms with E-state index in [0.29, 0.717) is 43.8 Å². The summed E-state index contributed by atoms with van der Waals surface area (Å²) in [5.41, 5.74) is 0.128. The number of oxime groups is 1. The highest BCUT2D eigenvalue weighted by Crippen LogP contribution is 2.32. The van der Waals surface area contributed by atoms with E-state index in [0.717, 1.165) is 6.20 Å². The predicted molar refractivity (Wildman–Crippen MR) is 102 cm³/mol. The number of aromatic nitrogens is 2. The summed E-state index contributed by atoms with van der Waals surface area (Å²) >= 11 is 0.668. The van der Waals surface area contributed by atoms with E-state index < -0.39 is 20.9 Å². The lowest BCUT2D eigenvalue weighted by Gasteiger charge is -2.10. The molecule has 2 fully saturated rings. The van der Waals surface area contributed by atoms with Crippen molar-refractivity contribution in [2.45, 2.75) is 35.6 Å². The minimum atomic E-state index is -3.45. The Balaban J connectivity index is 1.58. The number of amides is 1. The van der Waals surface area contributed by atoms with E-state index >= 15 is 0 Å². The van der Waals surface area contributed by atoms with Crippen molar-refractivity contribution in [1.29, 1.82) is 0 Å². The Morgan fingerprint density at radius 3 is 2.69 bits per heavy atom. The highest BCUT2D eigenvalue weighted by Gasteiger charge is 2.37. The fourth-order valence-corrected chi connectivity index (χ4v) is 4.75. The van der Waals surface area contributed by atoms with Crippen LogP contribution in [0.2, 0.25) is 0 Å². The van der Waals surface area contributed by atoms with Gasteiger partial charge in [-0.25, -0.2) is 18.4 Å². The fourth-order valence-electron chi connectivity index (χ4n) is 2.65. The molecule has 1 saturated heterocycles. The zero-order chi connectivity index (χ0) is 20.4. The van der Waals surface area contributed by atoms with E-state index in [4.69, 9.17) is 9.57 Å². The predicted octanol–water partition coefficient (Wildman–Crippen LogP) is 1.76. The molecule has 2 aromatic rings. The maximum Gasteiger partial charge on any atom is 0.280 e. The molecule has 2 aliphatic rings. The first-order chi connectivity index (χ1) is 13.9. The lowest BCUT2D eigenvalue weighted by Crippen LogP contribution is -2.25. The van der Waals surface area contributed by atoms with E-state index in [1.807, 2.05) is 0 Å². The van der Waals surface area contributed by atoms with Crippen molar-refractivity contribution in [3.8, 4) is 0 Å². The molecule has 0 radical (unpaired) electrons. The maximum atomic E-state index is 13.1. The molecule has 1 amide bonds. The molecule has 0 spiro atoms. The van der Waals surface area contributed by atoms with Gasteiger partial charge in [-0.15, -0.1) is 0 Å². The van der Waals surface area contributed by atoms with Crippen molar-refractivity contribution in [1.82, 2.24) is 9.97 Å². The molecule has 1 aliphatic heterocycles. The number of nitrogens with zero attached hydrogens (tertiary/aromatic N) is 3. The smallest absolute Gasteiger partial charge is 0.280 e. The number of anilines is 1. The zero-order valence-electron chi connectivity index (χ0n) is 15.1. The van der Waals surface area contributed by atoms with Crippen molar-refractivity contribution in [2.24, 2.45) is 5.16 Å². The second kappa shape index (κ2) is 8.13. The minimum Gasteiger partial charge on any atom is -0.389 e. The van der Waals surface area contributed by atoms with E-state index in [9.17, 15) is 17.6 Å². The van der Waals surface area contributed by atoms with Gasteiger partial charge < -0.3 is 9.57 Å². The molecule has 9 nitrogen and oxygen atoms in total. The number of carbonyl (C=O) groups is 1. The van der Waals surface area contributed by atoms with Gasteiger partial charge in [-0.05, 0) is 25.0 Å². The molecule has 154 valence electrons. The highest BCUT2D eigenvalue weighted by atomic mass is 32.2. The van der Waals surface area contributed by atoms with Crippen LogP contribution in [0.1, 0.15) is 24.8 Å². The molecule has 2 aromatic heterocycles. The first-order valence-corrected chi connectivity index (χ1v) is 11.2. The monoisotopic (exact) mass is 440 g/mol. The highest BCUT2D eigenvalue weighted by molar-refractivity contribution is 7.92. The number of ether oxygens (including phenoxy) is 1. The largest absolute Gasteiger partial charge is 0.389 e. The van der Waals surface area contributed by atoms with Crippen LogP contribution >= 0.6 is 11.3 Å². The van der Waals surface area contributed by atoms with Gasteiger partial charge >= 0.3 is 0 Å². The van der Waals surface area contributed by atoms with E-state index in [-0.39, 0.29) is 32.8 Å². The Morgan fingerprint density at radius 1 is 1.28 bits per heavy atom. The number of pyridine rings is 1. The number of halogens is 1. The minimum absolute atomic E-state index is 0.0457. The molecule has 3 heterocycles. The quantitative estimate of drug-likeness (QED) is 0.515. The van der Waals surface area contributed by atoms with Crippen molar-refractivity contribution < 1.29 is 27.2 Å². The van der Waals surface area contributed by atoms with Crippen LogP contribution in [0.3, 0.4) is 0 Å². The number of rotatable bonds is 7. The first-order valence-electron chi connectivity index (χ1n) is 8.88. The van der Waals surface area contributed by atoms with E-state index in [1.54, 1.807) is 0 Å². The molecule has 0 unspecified atom stereocenters. The molecule has 0 bridgehead atoms. The average Bonchev–Trinajstić information content (AvgIpc) is 3.31. The molecule has 1 N–H and O–H groups in total. The number of hydrogen-bond donors (Lipinski definition) is 1. The van der Waals surface area contributed by atoms with Crippen LogP contribution < -0.4 is 5.32 Å². The molecule has 1 saturated carbocycles. The van der Waals surface area contributed by atoms with Crippen LogP contribution in [-0.4, -0.2) is 54.6 Å². The molecule has 12 heteroatoms. The van der Waals surface area contributed by atoms with Gasteiger partial charge in [-0.1, -0.05) is 16.5 Å². The van der Waals surface area contributed by atoms with Crippen molar-refractivity contribution in [2.75, 3.05) is 18.5 Å². The number of carbonyl (C=O) groups excluding carboxylic acids is 1. The summed E-state index contributed by atoms with van der Waals surface area (Å²) < 4.78 is 43.0. The summed E-state index contributed by atoms with van der Waals surface area (Å²) in [7, 11) is -3.45. The Bertz CT molecular complexity index is 1030. The summed E-state index contributed by atoms with van der Waals surface area (Å²) in [6, 6.07) is 2.78.